The van der Waals surface area contributed by atoms with Crippen molar-refractivity contribution in [3.05, 3.63) is 70.0 Å². The minimum absolute atomic E-state index is 0.345. The molecular weight excluding hydrogens is 416 g/mol. The van der Waals surface area contributed by atoms with Gasteiger partial charge in [0.2, 0.25) is 16.9 Å². The first-order chi connectivity index (χ1) is 14.2. The molecule has 0 radical (unpaired) electrons. The molecule has 0 bridgehead atoms. The Kier molecular flexibility index (Phi) is 4.41. The van der Waals surface area contributed by atoms with Gasteiger partial charge in [-0.15, -0.1) is 5.10 Å². The zero-order chi connectivity index (χ0) is 19.8. The summed E-state index contributed by atoms with van der Waals surface area (Å²) < 4.78 is 12.1. The van der Waals surface area contributed by atoms with Crippen LogP contribution in [0.4, 0.5) is 0 Å². The molecule has 29 heavy (non-hydrogen) atoms. The predicted octanol–water partition coefficient (Wildman–Crippen LogP) is 3.67. The van der Waals surface area contributed by atoms with E-state index in [-0.39, 0.29) is 5.56 Å². The minimum Gasteiger partial charge on any atom is -0.463 e. The highest BCUT2D eigenvalue weighted by Crippen LogP contribution is 2.25. The topological polar surface area (TPSA) is 115 Å². The molecule has 5 rings (SSSR count). The van der Waals surface area contributed by atoms with Crippen LogP contribution in [0, 0.1) is 0 Å². The van der Waals surface area contributed by atoms with E-state index in [2.05, 4.69) is 25.4 Å². The Hall–Kier alpha value is -3.37. The van der Waals surface area contributed by atoms with Gasteiger partial charge in [-0.25, -0.2) is 9.61 Å². The van der Waals surface area contributed by atoms with E-state index in [1.807, 2.05) is 12.1 Å². The summed E-state index contributed by atoms with van der Waals surface area (Å²) in [5.41, 5.74) is 1.36. The number of hydrogen-bond acceptors (Lipinski definition) is 8. The molecule has 144 valence electrons. The number of furan rings is 1. The molecule has 0 unspecified atom stereocenters. The highest BCUT2D eigenvalue weighted by molar-refractivity contribution is 7.98. The average molecular weight is 427 g/mol. The molecule has 0 aliphatic carbocycles. The molecule has 0 fully saturated rings. The van der Waals surface area contributed by atoms with E-state index in [1.165, 1.54) is 16.3 Å². The van der Waals surface area contributed by atoms with Gasteiger partial charge < -0.3 is 8.94 Å². The number of benzene rings is 1. The third-order valence-corrected chi connectivity index (χ3v) is 5.21. The molecule has 0 aliphatic rings. The first-order valence-corrected chi connectivity index (χ1v) is 9.77. The molecular formula is C18H11ClN6O3S. The number of nitrogens with zero attached hydrogens (tertiary/aromatic N) is 5. The summed E-state index contributed by atoms with van der Waals surface area (Å²) in [6.45, 7) is 0. The Bertz CT molecular complexity index is 1340. The monoisotopic (exact) mass is 426 g/mol. The Morgan fingerprint density at radius 2 is 2.07 bits per heavy atom. The van der Waals surface area contributed by atoms with Crippen LogP contribution >= 0.6 is 23.4 Å². The third kappa shape index (κ3) is 3.43. The van der Waals surface area contributed by atoms with E-state index in [9.17, 15) is 4.79 Å². The molecule has 4 heterocycles. The second kappa shape index (κ2) is 7.22. The average Bonchev–Trinajstić information content (AvgIpc) is 3.48. The maximum Gasteiger partial charge on any atom is 0.290 e. The van der Waals surface area contributed by atoms with Crippen molar-refractivity contribution < 1.29 is 8.94 Å². The number of aromatic nitrogens is 6. The van der Waals surface area contributed by atoms with Crippen molar-refractivity contribution in [2.24, 2.45) is 0 Å². The summed E-state index contributed by atoms with van der Waals surface area (Å²) in [4.78, 5) is 16.5. The fraction of sp³-hybridized carbons (Fsp3) is 0.0556. The van der Waals surface area contributed by atoms with Crippen LogP contribution in [0.2, 0.25) is 5.02 Å². The fourth-order valence-electron chi connectivity index (χ4n) is 2.69. The van der Waals surface area contributed by atoms with Gasteiger partial charge in [0.05, 0.1) is 12.0 Å². The zero-order valence-corrected chi connectivity index (χ0v) is 16.1. The number of aromatic amines is 1. The molecule has 0 aliphatic heterocycles. The first kappa shape index (κ1) is 17.7. The number of H-pyrrole nitrogens is 1. The summed E-state index contributed by atoms with van der Waals surface area (Å²) in [6.07, 6.45) is 1.55. The number of rotatable bonds is 5. The van der Waals surface area contributed by atoms with E-state index in [4.69, 9.17) is 20.5 Å². The van der Waals surface area contributed by atoms with Crippen molar-refractivity contribution in [2.45, 2.75) is 10.9 Å². The lowest BCUT2D eigenvalue weighted by Crippen LogP contribution is -2.13. The van der Waals surface area contributed by atoms with Crippen molar-refractivity contribution in [1.29, 1.82) is 0 Å². The Morgan fingerprint density at radius 3 is 2.86 bits per heavy atom. The molecule has 9 nitrogen and oxygen atoms in total. The van der Waals surface area contributed by atoms with Crippen LogP contribution in [-0.2, 0) is 5.75 Å². The molecule has 1 aromatic carbocycles. The first-order valence-electron chi connectivity index (χ1n) is 8.41. The molecule has 0 atom stereocenters. The molecule has 0 saturated carbocycles. The van der Waals surface area contributed by atoms with Crippen LogP contribution in [0.15, 0.2) is 67.6 Å². The molecule has 0 saturated heterocycles. The molecule has 11 heteroatoms. The highest BCUT2D eigenvalue weighted by Gasteiger charge is 2.15. The van der Waals surface area contributed by atoms with Crippen molar-refractivity contribution in [3.8, 4) is 22.8 Å². The lowest BCUT2D eigenvalue weighted by atomic mass is 10.2. The summed E-state index contributed by atoms with van der Waals surface area (Å²) in [7, 11) is 0. The van der Waals surface area contributed by atoms with Gasteiger partial charge in [0.15, 0.2) is 5.76 Å². The Balaban J connectivity index is 1.40. The van der Waals surface area contributed by atoms with Crippen LogP contribution in [0.25, 0.3) is 28.4 Å². The van der Waals surface area contributed by atoms with Crippen molar-refractivity contribution >= 4 is 28.9 Å². The van der Waals surface area contributed by atoms with Crippen LogP contribution in [0.3, 0.4) is 0 Å². The number of thioether (sulfide) groups is 1. The van der Waals surface area contributed by atoms with Gasteiger partial charge >= 0.3 is 0 Å². The lowest BCUT2D eigenvalue weighted by Gasteiger charge is -2.00. The van der Waals surface area contributed by atoms with Gasteiger partial charge in [0, 0.05) is 16.7 Å². The maximum atomic E-state index is 12.1. The molecule has 4 aromatic heterocycles. The van der Waals surface area contributed by atoms with E-state index < -0.39 is 0 Å². The quantitative estimate of drug-likeness (QED) is 0.423. The summed E-state index contributed by atoms with van der Waals surface area (Å²) >= 11 is 7.21. The lowest BCUT2D eigenvalue weighted by molar-refractivity contribution is 0.391. The SMILES string of the molecule is O=c1[nH]nc(SCc2nc(-c3ccc(Cl)cc3)no2)n2nc(-c3ccco3)cc12. The van der Waals surface area contributed by atoms with Gasteiger partial charge in [-0.1, -0.05) is 28.5 Å². The van der Waals surface area contributed by atoms with E-state index >= 15 is 0 Å². The number of hydrogen-bond donors (Lipinski definition) is 1. The normalized spacial score (nSPS) is 11.3. The van der Waals surface area contributed by atoms with Crippen molar-refractivity contribution in [2.75, 3.05) is 0 Å². The predicted molar refractivity (Wildman–Crippen MR) is 106 cm³/mol. The summed E-state index contributed by atoms with van der Waals surface area (Å²) in [5, 5.41) is 16.1. The molecule has 5 aromatic rings. The standard InChI is InChI=1S/C18H11ClN6O3S/c19-11-5-3-10(4-6-11)16-20-15(28-24-16)9-29-18-22-21-17(26)13-8-12(23-25(13)18)14-2-1-7-27-14/h1-8H,9H2,(H,21,26). The maximum absolute atomic E-state index is 12.1. The number of halogens is 1. The zero-order valence-electron chi connectivity index (χ0n) is 14.6. The molecule has 0 spiro atoms. The molecule has 1 N–H and O–H groups in total. The second-order valence-electron chi connectivity index (χ2n) is 5.95. The summed E-state index contributed by atoms with van der Waals surface area (Å²) in [5.74, 6) is 1.80. The fourth-order valence-corrected chi connectivity index (χ4v) is 3.55. The van der Waals surface area contributed by atoms with Crippen LogP contribution < -0.4 is 5.56 Å². The highest BCUT2D eigenvalue weighted by atomic mass is 35.5. The van der Waals surface area contributed by atoms with Gasteiger partial charge in [0.25, 0.3) is 5.56 Å². The minimum atomic E-state index is -0.345. The van der Waals surface area contributed by atoms with Crippen LogP contribution in [0.1, 0.15) is 5.89 Å². The Morgan fingerprint density at radius 1 is 1.21 bits per heavy atom. The Labute approximate surface area is 171 Å². The van der Waals surface area contributed by atoms with Crippen LogP contribution in [-0.4, -0.2) is 30.0 Å². The van der Waals surface area contributed by atoms with Gasteiger partial charge in [-0.05, 0) is 36.4 Å². The third-order valence-electron chi connectivity index (χ3n) is 4.05. The van der Waals surface area contributed by atoms with E-state index in [0.717, 1.165) is 5.56 Å². The van der Waals surface area contributed by atoms with E-state index in [1.54, 1.807) is 36.6 Å². The summed E-state index contributed by atoms with van der Waals surface area (Å²) in [6, 6.07) is 12.3. The number of nitrogens with one attached hydrogen (secondary N) is 1. The van der Waals surface area contributed by atoms with Crippen molar-refractivity contribution in [1.82, 2.24) is 30.0 Å². The van der Waals surface area contributed by atoms with E-state index in [0.29, 0.717) is 44.6 Å². The largest absolute Gasteiger partial charge is 0.463 e. The van der Waals surface area contributed by atoms with Crippen LogP contribution in [0.5, 0.6) is 0 Å². The van der Waals surface area contributed by atoms with Gasteiger partial charge in [0.1, 0.15) is 11.2 Å². The van der Waals surface area contributed by atoms with Gasteiger partial charge in [-0.2, -0.15) is 10.1 Å². The number of fused-ring (bicyclic) bond motifs is 1. The second-order valence-corrected chi connectivity index (χ2v) is 7.33. The van der Waals surface area contributed by atoms with Crippen molar-refractivity contribution in [3.63, 3.8) is 0 Å². The smallest absolute Gasteiger partial charge is 0.290 e. The molecule has 0 amide bonds. The van der Waals surface area contributed by atoms with Gasteiger partial charge in [-0.3, -0.25) is 4.79 Å².